The predicted octanol–water partition coefficient (Wildman–Crippen LogP) is 3.28. The summed E-state index contributed by atoms with van der Waals surface area (Å²) >= 11 is 3.38. The molecule has 0 saturated carbocycles. The Labute approximate surface area is 206 Å². The number of nitrogens with two attached hydrogens (primary N) is 1. The second kappa shape index (κ2) is 11.8. The quantitative estimate of drug-likeness (QED) is 0.209. The molecule has 182 valence electrons. The molecule has 0 aliphatic heterocycles. The van der Waals surface area contributed by atoms with Crippen LogP contribution in [0.3, 0.4) is 0 Å². The molecule has 0 atom stereocenters. The van der Waals surface area contributed by atoms with Crippen molar-refractivity contribution in [2.45, 2.75) is 33.4 Å². The summed E-state index contributed by atoms with van der Waals surface area (Å²) in [6, 6.07) is 4.93. The van der Waals surface area contributed by atoms with Gasteiger partial charge in [0.1, 0.15) is 17.0 Å². The van der Waals surface area contributed by atoms with Crippen LogP contribution in [0, 0.1) is 6.92 Å². The number of aromatic nitrogens is 4. The van der Waals surface area contributed by atoms with Gasteiger partial charge in [-0.2, -0.15) is 5.10 Å². The number of carbonyl (C=O) groups excluding carboxylic acids is 2. The maximum absolute atomic E-state index is 13.1. The minimum Gasteiger partial charge on any atom is -0.491 e. The lowest BCUT2D eigenvalue weighted by Gasteiger charge is -2.13. The molecule has 0 aliphatic carbocycles. The monoisotopic (exact) mass is 532 g/mol. The number of rotatable bonds is 12. The summed E-state index contributed by atoms with van der Waals surface area (Å²) in [7, 11) is 1.62. The van der Waals surface area contributed by atoms with Crippen LogP contribution in [-0.4, -0.2) is 56.8 Å². The van der Waals surface area contributed by atoms with Gasteiger partial charge in [0, 0.05) is 44.1 Å². The molecule has 34 heavy (non-hydrogen) atoms. The SMILES string of the molecule is CCn1nc(C)cc1C(=O)Nc1nc2cc(C(N)=O)cc(OCCCOC)c2n1C/C=C/CBr. The molecule has 0 spiro atoms. The number of anilines is 1. The fourth-order valence-corrected chi connectivity index (χ4v) is 3.78. The molecule has 0 aliphatic rings. The summed E-state index contributed by atoms with van der Waals surface area (Å²) in [5.74, 6) is -0.146. The molecular formula is C23H29BrN6O4. The Morgan fingerprint density at radius 2 is 2.03 bits per heavy atom. The Balaban J connectivity index is 2.08. The van der Waals surface area contributed by atoms with Gasteiger partial charge in [-0.05, 0) is 32.0 Å². The minimum absolute atomic E-state index is 0.271. The Bertz CT molecular complexity index is 1200. The second-order valence-electron chi connectivity index (χ2n) is 7.51. The van der Waals surface area contributed by atoms with E-state index in [2.05, 4.69) is 31.3 Å². The van der Waals surface area contributed by atoms with E-state index in [4.69, 9.17) is 15.2 Å². The van der Waals surface area contributed by atoms with Crippen LogP contribution in [0.5, 0.6) is 5.75 Å². The largest absolute Gasteiger partial charge is 0.491 e. The molecule has 0 fully saturated rings. The van der Waals surface area contributed by atoms with Gasteiger partial charge in [-0.3, -0.25) is 19.6 Å². The lowest BCUT2D eigenvalue weighted by atomic mass is 10.1. The molecule has 0 saturated heterocycles. The maximum atomic E-state index is 13.1. The van der Waals surface area contributed by atoms with E-state index < -0.39 is 5.91 Å². The molecule has 1 aromatic carbocycles. The van der Waals surface area contributed by atoms with Crippen molar-refractivity contribution >= 4 is 44.7 Å². The number of hydrogen-bond acceptors (Lipinski definition) is 6. The average Bonchev–Trinajstić information content (AvgIpc) is 3.36. The van der Waals surface area contributed by atoms with E-state index in [0.717, 1.165) is 5.69 Å². The molecule has 11 heteroatoms. The van der Waals surface area contributed by atoms with E-state index in [1.165, 1.54) is 0 Å². The number of allylic oxidation sites excluding steroid dienone is 2. The van der Waals surface area contributed by atoms with Gasteiger partial charge in [0.15, 0.2) is 0 Å². The van der Waals surface area contributed by atoms with Crippen LogP contribution < -0.4 is 15.8 Å². The van der Waals surface area contributed by atoms with Crippen LogP contribution in [-0.2, 0) is 17.8 Å². The molecule has 3 aromatic rings. The highest BCUT2D eigenvalue weighted by Crippen LogP contribution is 2.31. The van der Waals surface area contributed by atoms with E-state index in [9.17, 15) is 9.59 Å². The Morgan fingerprint density at radius 3 is 2.71 bits per heavy atom. The molecule has 3 N–H and O–H groups in total. The van der Waals surface area contributed by atoms with Crippen LogP contribution in [0.25, 0.3) is 11.0 Å². The maximum Gasteiger partial charge on any atom is 0.276 e. The Morgan fingerprint density at radius 1 is 1.24 bits per heavy atom. The number of carbonyl (C=O) groups is 2. The number of nitrogens with one attached hydrogen (secondary N) is 1. The van der Waals surface area contributed by atoms with E-state index >= 15 is 0 Å². The lowest BCUT2D eigenvalue weighted by Crippen LogP contribution is -2.20. The first-order valence-electron chi connectivity index (χ1n) is 10.9. The van der Waals surface area contributed by atoms with Gasteiger partial charge in [0.25, 0.3) is 5.91 Å². The van der Waals surface area contributed by atoms with E-state index in [0.29, 0.717) is 66.5 Å². The fraction of sp³-hybridized carbons (Fsp3) is 0.391. The number of amides is 2. The van der Waals surface area contributed by atoms with Gasteiger partial charge in [-0.1, -0.05) is 28.1 Å². The van der Waals surface area contributed by atoms with Crippen LogP contribution in [0.4, 0.5) is 5.95 Å². The number of nitrogens with zero attached hydrogens (tertiary/aromatic N) is 4. The lowest BCUT2D eigenvalue weighted by molar-refractivity contribution is 0.0995. The van der Waals surface area contributed by atoms with Crippen molar-refractivity contribution < 1.29 is 19.1 Å². The summed E-state index contributed by atoms with van der Waals surface area (Å²) in [6.45, 7) is 5.66. The van der Waals surface area contributed by atoms with Crippen molar-refractivity contribution in [2.75, 3.05) is 31.0 Å². The van der Waals surface area contributed by atoms with Crippen LogP contribution in [0.2, 0.25) is 0 Å². The number of hydrogen-bond donors (Lipinski definition) is 2. The molecule has 2 aromatic heterocycles. The number of aryl methyl sites for hydroxylation is 2. The van der Waals surface area contributed by atoms with Gasteiger partial charge < -0.3 is 19.8 Å². The number of ether oxygens (including phenoxy) is 2. The minimum atomic E-state index is -0.592. The number of benzene rings is 1. The molecule has 0 bridgehead atoms. The first kappa shape index (κ1) is 25.4. The molecule has 0 radical (unpaired) electrons. The highest BCUT2D eigenvalue weighted by Gasteiger charge is 2.21. The molecule has 3 rings (SSSR count). The molecule has 2 amide bonds. The van der Waals surface area contributed by atoms with E-state index in [1.807, 2.05) is 30.6 Å². The average molecular weight is 533 g/mol. The zero-order valence-electron chi connectivity index (χ0n) is 19.5. The van der Waals surface area contributed by atoms with Crippen molar-refractivity contribution in [2.24, 2.45) is 5.73 Å². The standard InChI is InChI=1S/C23H29BrN6O4/c1-4-30-18(12-15(2)28-30)22(32)27-23-26-17-13-16(21(25)31)14-19(34-11-7-10-33-3)20(17)29(23)9-6-5-8-24/h5-6,12-14H,4,7-11H2,1-3H3,(H2,25,31)(H,26,27,32)/b6-5+. The summed E-state index contributed by atoms with van der Waals surface area (Å²) in [5.41, 5.74) is 8.13. The third-order valence-electron chi connectivity index (χ3n) is 5.05. The van der Waals surface area contributed by atoms with Crippen LogP contribution in [0.15, 0.2) is 30.4 Å². The van der Waals surface area contributed by atoms with Crippen molar-refractivity contribution in [3.05, 3.63) is 47.3 Å². The van der Waals surface area contributed by atoms with Gasteiger partial charge in [0.05, 0.1) is 17.8 Å². The third kappa shape index (κ3) is 5.84. The number of methoxy groups -OCH3 is 1. The second-order valence-corrected chi connectivity index (χ2v) is 8.16. The van der Waals surface area contributed by atoms with Crippen molar-refractivity contribution in [3.8, 4) is 5.75 Å². The van der Waals surface area contributed by atoms with Crippen molar-refractivity contribution in [1.82, 2.24) is 19.3 Å². The van der Waals surface area contributed by atoms with E-state index in [-0.39, 0.29) is 11.5 Å². The zero-order valence-corrected chi connectivity index (χ0v) is 21.1. The number of imidazole rings is 1. The Hall–Kier alpha value is -3.18. The Kier molecular flexibility index (Phi) is 8.83. The first-order chi connectivity index (χ1) is 16.4. The smallest absolute Gasteiger partial charge is 0.276 e. The van der Waals surface area contributed by atoms with E-state index in [1.54, 1.807) is 30.0 Å². The summed E-state index contributed by atoms with van der Waals surface area (Å²) < 4.78 is 14.6. The van der Waals surface area contributed by atoms with Gasteiger partial charge >= 0.3 is 0 Å². The number of halogens is 1. The predicted molar refractivity (Wildman–Crippen MR) is 134 cm³/mol. The normalized spacial score (nSPS) is 11.4. The molecule has 2 heterocycles. The summed E-state index contributed by atoms with van der Waals surface area (Å²) in [5, 5.41) is 7.92. The fourth-order valence-electron chi connectivity index (χ4n) is 3.52. The summed E-state index contributed by atoms with van der Waals surface area (Å²) in [4.78, 5) is 29.6. The van der Waals surface area contributed by atoms with Crippen LogP contribution in [0.1, 0.15) is 39.9 Å². The van der Waals surface area contributed by atoms with Gasteiger partial charge in [-0.15, -0.1) is 0 Å². The highest BCUT2D eigenvalue weighted by molar-refractivity contribution is 9.09. The molecule has 0 unspecified atom stereocenters. The first-order valence-corrected chi connectivity index (χ1v) is 12.0. The third-order valence-corrected chi connectivity index (χ3v) is 5.42. The molecular weight excluding hydrogens is 504 g/mol. The number of alkyl halides is 1. The van der Waals surface area contributed by atoms with Crippen molar-refractivity contribution in [3.63, 3.8) is 0 Å². The summed E-state index contributed by atoms with van der Waals surface area (Å²) in [6.07, 6.45) is 4.56. The van der Waals surface area contributed by atoms with Crippen LogP contribution >= 0.6 is 15.9 Å². The zero-order chi connectivity index (χ0) is 24.7. The van der Waals surface area contributed by atoms with Crippen molar-refractivity contribution in [1.29, 1.82) is 0 Å². The van der Waals surface area contributed by atoms with Gasteiger partial charge in [0.2, 0.25) is 11.9 Å². The van der Waals surface area contributed by atoms with Gasteiger partial charge in [-0.25, -0.2) is 4.98 Å². The molecule has 10 nitrogen and oxygen atoms in total. The number of fused-ring (bicyclic) bond motifs is 1. The highest BCUT2D eigenvalue weighted by atomic mass is 79.9. The topological polar surface area (TPSA) is 126 Å². The number of primary amides is 1.